The van der Waals surface area contributed by atoms with Crippen molar-refractivity contribution in [3.05, 3.63) is 29.3 Å². The van der Waals surface area contributed by atoms with Gasteiger partial charge in [-0.25, -0.2) is 5.43 Å². The molecule has 1 saturated heterocycles. The molecule has 104 valence electrons. The monoisotopic (exact) mass is 277 g/mol. The predicted octanol–water partition coefficient (Wildman–Crippen LogP) is 3.41. The van der Waals surface area contributed by atoms with Crippen molar-refractivity contribution >= 4 is 23.0 Å². The molecule has 3 nitrogen and oxygen atoms in total. The second kappa shape index (κ2) is 5.47. The molecule has 19 heavy (non-hydrogen) atoms. The lowest BCUT2D eigenvalue weighted by molar-refractivity contribution is 0.300. The molecule has 0 aromatic heterocycles. The van der Waals surface area contributed by atoms with Crippen LogP contribution in [0, 0.1) is 13.8 Å². The van der Waals surface area contributed by atoms with E-state index in [9.17, 15) is 0 Å². The van der Waals surface area contributed by atoms with Gasteiger partial charge in [-0.05, 0) is 62.2 Å². The summed E-state index contributed by atoms with van der Waals surface area (Å²) in [5, 5.41) is 6.21. The molecule has 1 heterocycles. The van der Waals surface area contributed by atoms with E-state index in [0.717, 1.165) is 30.1 Å². The Labute approximate surface area is 121 Å². The van der Waals surface area contributed by atoms with Crippen LogP contribution in [-0.4, -0.2) is 10.8 Å². The largest absolute Gasteiger partial charge is 0.342 e. The number of hydrogen-bond donors (Lipinski definition) is 2. The average Bonchev–Trinajstić information content (AvgIpc) is 2.71. The van der Waals surface area contributed by atoms with Crippen LogP contribution >= 0.6 is 12.2 Å². The summed E-state index contributed by atoms with van der Waals surface area (Å²) in [7, 11) is 0. The van der Waals surface area contributed by atoms with Gasteiger partial charge >= 0.3 is 0 Å². The lowest BCUT2D eigenvalue weighted by Gasteiger charge is -2.28. The SMILES string of the molecule is CCC[C@@]1(CC)NC(=S)N(c2ccc(C)c(C)c2)N1. The van der Waals surface area contributed by atoms with Gasteiger partial charge in [0.25, 0.3) is 0 Å². The molecule has 2 rings (SSSR count). The van der Waals surface area contributed by atoms with Gasteiger partial charge < -0.3 is 5.32 Å². The maximum atomic E-state index is 5.48. The highest BCUT2D eigenvalue weighted by molar-refractivity contribution is 7.80. The summed E-state index contributed by atoms with van der Waals surface area (Å²) in [6.45, 7) is 8.63. The van der Waals surface area contributed by atoms with Gasteiger partial charge in [0, 0.05) is 0 Å². The second-order valence-corrected chi connectivity index (χ2v) is 5.72. The molecule has 0 saturated carbocycles. The first-order chi connectivity index (χ1) is 9.01. The zero-order valence-corrected chi connectivity index (χ0v) is 13.0. The molecule has 1 aliphatic rings. The lowest BCUT2D eigenvalue weighted by atomic mass is 10.0. The van der Waals surface area contributed by atoms with Crippen LogP contribution in [-0.2, 0) is 0 Å². The van der Waals surface area contributed by atoms with Crippen LogP contribution in [0.3, 0.4) is 0 Å². The highest BCUT2D eigenvalue weighted by atomic mass is 32.1. The van der Waals surface area contributed by atoms with Crippen molar-refractivity contribution in [2.45, 2.75) is 52.6 Å². The Kier molecular flexibility index (Phi) is 4.11. The number of hydrazine groups is 1. The summed E-state index contributed by atoms with van der Waals surface area (Å²) < 4.78 is 0. The molecule has 1 aromatic carbocycles. The van der Waals surface area contributed by atoms with Crippen LogP contribution in [0.1, 0.15) is 44.2 Å². The van der Waals surface area contributed by atoms with Crippen LogP contribution < -0.4 is 15.8 Å². The zero-order valence-electron chi connectivity index (χ0n) is 12.2. The molecular formula is C15H23N3S. The number of nitrogens with one attached hydrogen (secondary N) is 2. The van der Waals surface area contributed by atoms with Crippen molar-refractivity contribution < 1.29 is 0 Å². The molecule has 1 aromatic rings. The molecule has 4 heteroatoms. The van der Waals surface area contributed by atoms with Gasteiger partial charge in [0.2, 0.25) is 0 Å². The summed E-state index contributed by atoms with van der Waals surface area (Å²) in [5.41, 5.74) is 7.15. The van der Waals surface area contributed by atoms with E-state index in [0.29, 0.717) is 0 Å². The summed E-state index contributed by atoms with van der Waals surface area (Å²) in [6.07, 6.45) is 3.19. The predicted molar refractivity (Wildman–Crippen MR) is 85.2 cm³/mol. The first kappa shape index (κ1) is 14.3. The highest BCUT2D eigenvalue weighted by Crippen LogP contribution is 2.26. The molecule has 0 spiro atoms. The summed E-state index contributed by atoms with van der Waals surface area (Å²) >= 11 is 5.48. The lowest BCUT2D eigenvalue weighted by Crippen LogP contribution is -2.50. The zero-order chi connectivity index (χ0) is 14.0. The van der Waals surface area contributed by atoms with Gasteiger partial charge in [-0.2, -0.15) is 0 Å². The van der Waals surface area contributed by atoms with Crippen molar-refractivity contribution in [3.63, 3.8) is 0 Å². The number of aryl methyl sites for hydroxylation is 2. The maximum Gasteiger partial charge on any atom is 0.189 e. The van der Waals surface area contributed by atoms with Crippen LogP contribution in [0.15, 0.2) is 18.2 Å². The fourth-order valence-corrected chi connectivity index (χ4v) is 2.84. The van der Waals surface area contributed by atoms with E-state index in [1.807, 2.05) is 5.01 Å². The van der Waals surface area contributed by atoms with Gasteiger partial charge in [0.05, 0.1) is 5.69 Å². The van der Waals surface area contributed by atoms with Crippen LogP contribution in [0.2, 0.25) is 0 Å². The average molecular weight is 277 g/mol. The van der Waals surface area contributed by atoms with Crippen molar-refractivity contribution in [1.29, 1.82) is 0 Å². The minimum atomic E-state index is -0.0926. The third kappa shape index (κ3) is 2.74. The Balaban J connectivity index is 2.26. The third-order valence-electron chi connectivity index (χ3n) is 3.90. The molecule has 0 bridgehead atoms. The number of anilines is 1. The third-order valence-corrected chi connectivity index (χ3v) is 4.19. The standard InChI is InChI=1S/C15H23N3S/c1-5-9-15(6-2)16-14(19)18(17-15)13-8-7-11(3)12(4)10-13/h7-8,10,17H,5-6,9H2,1-4H3,(H,16,19)/t15-/m0/s1. The molecule has 1 atom stereocenters. The molecule has 1 fully saturated rings. The van der Waals surface area contributed by atoms with E-state index in [4.69, 9.17) is 12.2 Å². The van der Waals surface area contributed by atoms with Gasteiger partial charge in [-0.15, -0.1) is 0 Å². The fourth-order valence-electron chi connectivity index (χ4n) is 2.49. The minimum absolute atomic E-state index is 0.0926. The van der Waals surface area contributed by atoms with Crippen molar-refractivity contribution in [2.75, 3.05) is 5.01 Å². The summed E-state index contributed by atoms with van der Waals surface area (Å²) in [6, 6.07) is 6.43. The van der Waals surface area contributed by atoms with Gasteiger partial charge in [-0.1, -0.05) is 26.3 Å². The van der Waals surface area contributed by atoms with E-state index in [-0.39, 0.29) is 5.66 Å². The first-order valence-corrected chi connectivity index (χ1v) is 7.39. The maximum absolute atomic E-state index is 5.48. The number of rotatable bonds is 4. The minimum Gasteiger partial charge on any atom is -0.342 e. The molecular weight excluding hydrogens is 254 g/mol. The Morgan fingerprint density at radius 2 is 1.95 bits per heavy atom. The van der Waals surface area contributed by atoms with E-state index >= 15 is 0 Å². The number of thiocarbonyl (C=S) groups is 1. The molecule has 0 radical (unpaired) electrons. The molecule has 2 N–H and O–H groups in total. The van der Waals surface area contributed by atoms with Gasteiger partial charge in [-0.3, -0.25) is 5.01 Å². The second-order valence-electron chi connectivity index (χ2n) is 5.33. The van der Waals surface area contributed by atoms with E-state index in [1.165, 1.54) is 11.1 Å². The van der Waals surface area contributed by atoms with E-state index in [2.05, 4.69) is 56.6 Å². The number of benzene rings is 1. The van der Waals surface area contributed by atoms with Crippen LogP contribution in [0.5, 0.6) is 0 Å². The normalized spacial score (nSPS) is 22.7. The summed E-state index contributed by atoms with van der Waals surface area (Å²) in [5.74, 6) is 0. The number of hydrogen-bond acceptors (Lipinski definition) is 2. The van der Waals surface area contributed by atoms with Crippen LogP contribution in [0.4, 0.5) is 5.69 Å². The molecule has 0 amide bonds. The van der Waals surface area contributed by atoms with Crippen LogP contribution in [0.25, 0.3) is 0 Å². The Morgan fingerprint density at radius 1 is 1.21 bits per heavy atom. The Hall–Kier alpha value is -1.13. The molecule has 1 aliphatic heterocycles. The summed E-state index contributed by atoms with van der Waals surface area (Å²) in [4.78, 5) is 0. The van der Waals surface area contributed by atoms with Crippen molar-refractivity contribution in [3.8, 4) is 0 Å². The highest BCUT2D eigenvalue weighted by Gasteiger charge is 2.38. The van der Waals surface area contributed by atoms with Gasteiger partial charge in [0.15, 0.2) is 5.11 Å². The topological polar surface area (TPSA) is 27.3 Å². The number of nitrogens with zero attached hydrogens (tertiary/aromatic N) is 1. The van der Waals surface area contributed by atoms with Gasteiger partial charge in [0.1, 0.15) is 5.66 Å². The Morgan fingerprint density at radius 3 is 2.53 bits per heavy atom. The molecule has 0 aliphatic carbocycles. The van der Waals surface area contributed by atoms with E-state index < -0.39 is 0 Å². The fraction of sp³-hybridized carbons (Fsp3) is 0.533. The Bertz CT molecular complexity index is 486. The smallest absolute Gasteiger partial charge is 0.189 e. The molecule has 0 unspecified atom stereocenters. The quantitative estimate of drug-likeness (QED) is 0.825. The van der Waals surface area contributed by atoms with Crippen molar-refractivity contribution in [1.82, 2.24) is 10.7 Å². The van der Waals surface area contributed by atoms with Crippen molar-refractivity contribution in [2.24, 2.45) is 0 Å². The first-order valence-electron chi connectivity index (χ1n) is 6.98. The van der Waals surface area contributed by atoms with E-state index in [1.54, 1.807) is 0 Å².